The monoisotopic (exact) mass is 134 g/mol. The molecule has 0 amide bonds. The normalized spacial score (nSPS) is 23.0. The first-order valence-corrected chi connectivity index (χ1v) is 3.51. The van der Waals surface area contributed by atoms with Crippen molar-refractivity contribution in [3.8, 4) is 0 Å². The van der Waals surface area contributed by atoms with Gasteiger partial charge >= 0.3 is 0 Å². The van der Waals surface area contributed by atoms with Gasteiger partial charge in [0.25, 0.3) is 0 Å². The summed E-state index contributed by atoms with van der Waals surface area (Å²) in [6.07, 6.45) is 7.20. The van der Waals surface area contributed by atoms with E-state index < -0.39 is 0 Å². The third kappa shape index (κ3) is 0.817. The minimum atomic E-state index is 0.481. The summed E-state index contributed by atoms with van der Waals surface area (Å²) < 4.78 is 0. The summed E-state index contributed by atoms with van der Waals surface area (Å²) in [5.74, 6) is 0. The summed E-state index contributed by atoms with van der Waals surface area (Å²) in [5, 5.41) is 3.25. The van der Waals surface area contributed by atoms with Crippen molar-refractivity contribution in [2.75, 3.05) is 0 Å². The third-order valence-corrected chi connectivity index (χ3v) is 1.78. The van der Waals surface area contributed by atoms with Crippen molar-refractivity contribution in [2.24, 2.45) is 0 Å². The molecule has 2 N–H and O–H groups in total. The largest absolute Gasteiger partial charge is 0.383 e. The van der Waals surface area contributed by atoms with Crippen LogP contribution in [0.5, 0.6) is 0 Å². The lowest BCUT2D eigenvalue weighted by Gasteiger charge is -2.07. The van der Waals surface area contributed by atoms with Gasteiger partial charge in [-0.2, -0.15) is 0 Å². The second kappa shape index (κ2) is 2.21. The molecule has 0 bridgehead atoms. The Kier molecular flexibility index (Phi) is 1.24. The standard InChI is InChI=1S/C8H10N2/c1-3-7(9-5-1)8-4-2-6-10-8/h1-3,5-6,8-10H,4H2. The molecule has 0 saturated carbocycles. The molecule has 1 atom stereocenters. The smallest absolute Gasteiger partial charge is 0.0692 e. The van der Waals surface area contributed by atoms with E-state index in [1.807, 2.05) is 18.5 Å². The van der Waals surface area contributed by atoms with Gasteiger partial charge in [0.2, 0.25) is 0 Å². The van der Waals surface area contributed by atoms with Crippen LogP contribution in [0.15, 0.2) is 30.6 Å². The van der Waals surface area contributed by atoms with Crippen LogP contribution < -0.4 is 5.32 Å². The van der Waals surface area contributed by atoms with E-state index in [1.54, 1.807) is 0 Å². The Hall–Kier alpha value is -1.18. The molecule has 0 spiro atoms. The number of nitrogens with one attached hydrogen (secondary N) is 2. The minimum Gasteiger partial charge on any atom is -0.383 e. The van der Waals surface area contributed by atoms with Crippen molar-refractivity contribution in [1.29, 1.82) is 0 Å². The maximum absolute atomic E-state index is 3.25. The zero-order valence-corrected chi connectivity index (χ0v) is 5.67. The zero-order valence-electron chi connectivity index (χ0n) is 5.67. The van der Waals surface area contributed by atoms with E-state index in [-0.39, 0.29) is 0 Å². The Bertz CT molecular complexity index is 215. The number of aromatic nitrogens is 1. The van der Waals surface area contributed by atoms with Crippen LogP contribution in [0.4, 0.5) is 0 Å². The van der Waals surface area contributed by atoms with Gasteiger partial charge in [-0.3, -0.25) is 0 Å². The van der Waals surface area contributed by atoms with E-state index in [4.69, 9.17) is 0 Å². The van der Waals surface area contributed by atoms with Gasteiger partial charge in [-0.25, -0.2) is 0 Å². The summed E-state index contributed by atoms with van der Waals surface area (Å²) in [6, 6.07) is 4.61. The highest BCUT2D eigenvalue weighted by atomic mass is 14.9. The van der Waals surface area contributed by atoms with Gasteiger partial charge in [-0.1, -0.05) is 6.08 Å². The molecule has 0 aromatic carbocycles. The SMILES string of the molecule is C1=CNC(c2ccc[nH]2)C1. The molecule has 0 saturated heterocycles. The van der Waals surface area contributed by atoms with Crippen LogP contribution in [0.3, 0.4) is 0 Å². The molecular weight excluding hydrogens is 124 g/mol. The summed E-state index contributed by atoms with van der Waals surface area (Å²) >= 11 is 0. The van der Waals surface area contributed by atoms with Gasteiger partial charge in [0.15, 0.2) is 0 Å². The molecule has 1 aliphatic rings. The van der Waals surface area contributed by atoms with Crippen LogP contribution in [-0.2, 0) is 0 Å². The fraction of sp³-hybridized carbons (Fsp3) is 0.250. The van der Waals surface area contributed by atoms with Crippen molar-refractivity contribution in [2.45, 2.75) is 12.5 Å². The lowest BCUT2D eigenvalue weighted by atomic mass is 10.2. The van der Waals surface area contributed by atoms with Gasteiger partial charge in [0, 0.05) is 11.9 Å². The van der Waals surface area contributed by atoms with Crippen LogP contribution in [-0.4, -0.2) is 4.98 Å². The molecule has 52 valence electrons. The molecule has 1 unspecified atom stereocenters. The number of hydrogen-bond acceptors (Lipinski definition) is 1. The Balaban J connectivity index is 2.14. The average Bonchev–Trinajstić information content (AvgIpc) is 2.59. The minimum absolute atomic E-state index is 0.481. The summed E-state index contributed by atoms with van der Waals surface area (Å²) in [4.78, 5) is 3.18. The maximum Gasteiger partial charge on any atom is 0.0692 e. The number of hydrogen-bond donors (Lipinski definition) is 2. The molecular formula is C8H10N2. The van der Waals surface area contributed by atoms with E-state index in [0.717, 1.165) is 6.42 Å². The molecule has 0 radical (unpaired) electrons. The van der Waals surface area contributed by atoms with Crippen LogP contribution in [0.2, 0.25) is 0 Å². The maximum atomic E-state index is 3.25. The Labute approximate surface area is 60.0 Å². The van der Waals surface area contributed by atoms with E-state index in [0.29, 0.717) is 6.04 Å². The van der Waals surface area contributed by atoms with E-state index >= 15 is 0 Å². The summed E-state index contributed by atoms with van der Waals surface area (Å²) in [5.41, 5.74) is 1.27. The second-order valence-electron chi connectivity index (χ2n) is 2.48. The third-order valence-electron chi connectivity index (χ3n) is 1.78. The first kappa shape index (κ1) is 5.59. The molecule has 1 aliphatic heterocycles. The lowest BCUT2D eigenvalue weighted by Crippen LogP contribution is -2.09. The zero-order chi connectivity index (χ0) is 6.81. The first-order valence-electron chi connectivity index (χ1n) is 3.51. The second-order valence-corrected chi connectivity index (χ2v) is 2.48. The van der Waals surface area contributed by atoms with Crippen molar-refractivity contribution >= 4 is 0 Å². The van der Waals surface area contributed by atoms with Crippen LogP contribution >= 0.6 is 0 Å². The predicted molar refractivity (Wildman–Crippen MR) is 40.4 cm³/mol. The Morgan fingerprint density at radius 2 is 2.50 bits per heavy atom. The summed E-state index contributed by atoms with van der Waals surface area (Å²) in [6.45, 7) is 0. The first-order chi connectivity index (χ1) is 4.97. The van der Waals surface area contributed by atoms with Crippen molar-refractivity contribution < 1.29 is 0 Å². The molecule has 1 aromatic rings. The quantitative estimate of drug-likeness (QED) is 0.599. The topological polar surface area (TPSA) is 27.8 Å². The Morgan fingerprint density at radius 3 is 3.10 bits per heavy atom. The van der Waals surface area contributed by atoms with Crippen molar-refractivity contribution in [1.82, 2.24) is 10.3 Å². The molecule has 10 heavy (non-hydrogen) atoms. The van der Waals surface area contributed by atoms with E-state index in [2.05, 4.69) is 22.4 Å². The highest BCUT2D eigenvalue weighted by Gasteiger charge is 2.10. The van der Waals surface area contributed by atoms with Crippen molar-refractivity contribution in [3.63, 3.8) is 0 Å². The highest BCUT2D eigenvalue weighted by molar-refractivity contribution is 5.14. The van der Waals surface area contributed by atoms with Gasteiger partial charge in [-0.15, -0.1) is 0 Å². The molecule has 0 aliphatic carbocycles. The molecule has 0 fully saturated rings. The van der Waals surface area contributed by atoms with E-state index in [1.165, 1.54) is 5.69 Å². The van der Waals surface area contributed by atoms with Gasteiger partial charge in [0.05, 0.1) is 6.04 Å². The van der Waals surface area contributed by atoms with Gasteiger partial charge in [0.1, 0.15) is 0 Å². The predicted octanol–water partition coefficient (Wildman–Crippen LogP) is 1.56. The fourth-order valence-corrected chi connectivity index (χ4v) is 1.23. The Morgan fingerprint density at radius 1 is 1.50 bits per heavy atom. The number of aromatic amines is 1. The molecule has 2 heterocycles. The van der Waals surface area contributed by atoms with Crippen LogP contribution in [0.25, 0.3) is 0 Å². The highest BCUT2D eigenvalue weighted by Crippen LogP contribution is 2.18. The number of rotatable bonds is 1. The lowest BCUT2D eigenvalue weighted by molar-refractivity contribution is 0.656. The molecule has 1 aromatic heterocycles. The molecule has 2 rings (SSSR count). The number of H-pyrrole nitrogens is 1. The summed E-state index contributed by atoms with van der Waals surface area (Å²) in [7, 11) is 0. The molecule has 2 heteroatoms. The van der Waals surface area contributed by atoms with Gasteiger partial charge in [-0.05, 0) is 24.8 Å². The fourth-order valence-electron chi connectivity index (χ4n) is 1.23. The van der Waals surface area contributed by atoms with Crippen LogP contribution in [0.1, 0.15) is 18.2 Å². The van der Waals surface area contributed by atoms with Crippen molar-refractivity contribution in [3.05, 3.63) is 36.3 Å². The molecule has 2 nitrogen and oxygen atoms in total. The van der Waals surface area contributed by atoms with E-state index in [9.17, 15) is 0 Å². The average molecular weight is 134 g/mol. The van der Waals surface area contributed by atoms with Crippen LogP contribution in [0, 0.1) is 0 Å². The van der Waals surface area contributed by atoms with Gasteiger partial charge < -0.3 is 10.3 Å².